The second kappa shape index (κ2) is 11.0. The van der Waals surface area contributed by atoms with Crippen LogP contribution in [0, 0.1) is 5.92 Å². The summed E-state index contributed by atoms with van der Waals surface area (Å²) in [5.41, 5.74) is 1.06. The van der Waals surface area contributed by atoms with Gasteiger partial charge in [-0.2, -0.15) is 4.31 Å². The molecule has 1 saturated carbocycles. The summed E-state index contributed by atoms with van der Waals surface area (Å²) >= 11 is 0. The van der Waals surface area contributed by atoms with E-state index in [0.717, 1.165) is 37.9 Å². The van der Waals surface area contributed by atoms with Crippen LogP contribution in [0.5, 0.6) is 5.75 Å². The van der Waals surface area contributed by atoms with Gasteiger partial charge in [-0.05, 0) is 73.7 Å². The minimum atomic E-state index is -3.55. The lowest BCUT2D eigenvalue weighted by Gasteiger charge is -2.30. The van der Waals surface area contributed by atoms with Crippen LogP contribution in [-0.4, -0.2) is 38.3 Å². The lowest BCUT2D eigenvalue weighted by atomic mass is 9.96. The van der Waals surface area contributed by atoms with Crippen molar-refractivity contribution in [3.63, 3.8) is 0 Å². The molecule has 1 amide bonds. The van der Waals surface area contributed by atoms with Crippen LogP contribution in [0.2, 0.25) is 0 Å². The van der Waals surface area contributed by atoms with E-state index in [2.05, 4.69) is 19.2 Å². The predicted octanol–water partition coefficient (Wildman–Crippen LogP) is 5.32. The van der Waals surface area contributed by atoms with Crippen LogP contribution >= 0.6 is 0 Å². The Hall–Kier alpha value is -2.38. The maximum absolute atomic E-state index is 13.0. The number of amides is 1. The van der Waals surface area contributed by atoms with E-state index in [9.17, 15) is 13.2 Å². The van der Waals surface area contributed by atoms with E-state index in [0.29, 0.717) is 23.8 Å². The van der Waals surface area contributed by atoms with Crippen LogP contribution in [0.15, 0.2) is 53.4 Å². The monoisotopic (exact) mass is 458 g/mol. The maximum atomic E-state index is 13.0. The summed E-state index contributed by atoms with van der Waals surface area (Å²) in [5, 5.41) is 2.82. The van der Waals surface area contributed by atoms with Crippen molar-refractivity contribution in [2.75, 3.05) is 19.0 Å². The fraction of sp³-hybridized carbons (Fsp3) is 0.480. The molecule has 6 nitrogen and oxygen atoms in total. The molecule has 1 N–H and O–H groups in total. The van der Waals surface area contributed by atoms with Crippen LogP contribution in [0.1, 0.15) is 62.7 Å². The molecule has 0 bridgehead atoms. The zero-order valence-corrected chi connectivity index (χ0v) is 20.0. The third-order valence-corrected chi connectivity index (χ3v) is 7.88. The fourth-order valence-electron chi connectivity index (χ4n) is 3.84. The molecule has 32 heavy (non-hydrogen) atoms. The second-order valence-corrected chi connectivity index (χ2v) is 10.8. The average molecular weight is 459 g/mol. The van der Waals surface area contributed by atoms with Crippen molar-refractivity contribution in [2.45, 2.75) is 63.3 Å². The molecule has 2 aromatic carbocycles. The van der Waals surface area contributed by atoms with Gasteiger partial charge in [0.1, 0.15) is 5.75 Å². The Morgan fingerprint density at radius 1 is 1.03 bits per heavy atom. The van der Waals surface area contributed by atoms with Gasteiger partial charge in [0.25, 0.3) is 5.91 Å². The summed E-state index contributed by atoms with van der Waals surface area (Å²) in [6.07, 6.45) is 6.11. The van der Waals surface area contributed by atoms with E-state index in [4.69, 9.17) is 4.74 Å². The first-order valence-electron chi connectivity index (χ1n) is 11.4. The number of nitrogens with one attached hydrogen (secondary N) is 1. The highest BCUT2D eigenvalue weighted by Crippen LogP contribution is 2.27. The normalized spacial score (nSPS) is 15.2. The summed E-state index contributed by atoms with van der Waals surface area (Å²) in [5.74, 6) is 1.06. The number of nitrogens with zero attached hydrogens (tertiary/aromatic N) is 1. The number of ether oxygens (including phenoxy) is 1. The summed E-state index contributed by atoms with van der Waals surface area (Å²) in [6, 6.07) is 13.4. The van der Waals surface area contributed by atoms with Gasteiger partial charge in [-0.3, -0.25) is 4.79 Å². The van der Waals surface area contributed by atoms with E-state index in [1.165, 1.54) is 10.7 Å². The molecule has 2 aromatic rings. The Morgan fingerprint density at radius 3 is 2.25 bits per heavy atom. The number of rotatable bonds is 9. The van der Waals surface area contributed by atoms with E-state index < -0.39 is 10.0 Å². The van der Waals surface area contributed by atoms with Crippen LogP contribution in [-0.2, 0) is 10.0 Å². The van der Waals surface area contributed by atoms with Crippen molar-refractivity contribution in [1.29, 1.82) is 0 Å². The minimum Gasteiger partial charge on any atom is -0.494 e. The van der Waals surface area contributed by atoms with Crippen LogP contribution in [0.3, 0.4) is 0 Å². The van der Waals surface area contributed by atoms with E-state index >= 15 is 0 Å². The quantitative estimate of drug-likeness (QED) is 0.552. The Morgan fingerprint density at radius 2 is 1.66 bits per heavy atom. The molecular weight excluding hydrogens is 424 g/mol. The Bertz CT molecular complexity index is 980. The number of hydrogen-bond acceptors (Lipinski definition) is 4. The molecule has 174 valence electrons. The Balaban J connectivity index is 1.59. The molecule has 0 atom stereocenters. The fourth-order valence-corrected chi connectivity index (χ4v) is 5.25. The molecule has 0 radical (unpaired) electrons. The molecule has 7 heteroatoms. The highest BCUT2D eigenvalue weighted by molar-refractivity contribution is 7.89. The van der Waals surface area contributed by atoms with Crippen LogP contribution in [0.4, 0.5) is 5.69 Å². The highest BCUT2D eigenvalue weighted by Gasteiger charge is 2.28. The smallest absolute Gasteiger partial charge is 0.255 e. The van der Waals surface area contributed by atoms with Crippen molar-refractivity contribution < 1.29 is 17.9 Å². The molecule has 0 unspecified atom stereocenters. The number of benzene rings is 2. The molecule has 3 rings (SSSR count). The summed E-state index contributed by atoms with van der Waals surface area (Å²) in [7, 11) is -1.88. The number of carbonyl (C=O) groups is 1. The Labute approximate surface area is 192 Å². The number of hydrogen-bond donors (Lipinski definition) is 1. The van der Waals surface area contributed by atoms with Gasteiger partial charge in [0.15, 0.2) is 0 Å². The molecule has 1 aliphatic rings. The lowest BCUT2D eigenvalue weighted by Crippen LogP contribution is -2.38. The molecule has 0 spiro atoms. The van der Waals surface area contributed by atoms with Crippen molar-refractivity contribution in [3.8, 4) is 5.75 Å². The van der Waals surface area contributed by atoms with Gasteiger partial charge in [-0.1, -0.05) is 33.1 Å². The number of anilines is 1. The second-order valence-electron chi connectivity index (χ2n) is 8.85. The molecule has 1 fully saturated rings. The predicted molar refractivity (Wildman–Crippen MR) is 128 cm³/mol. The highest BCUT2D eigenvalue weighted by atomic mass is 32.2. The molecular formula is C25H34N2O4S. The first-order chi connectivity index (χ1) is 15.3. The van der Waals surface area contributed by atoms with Gasteiger partial charge in [0, 0.05) is 24.3 Å². The largest absolute Gasteiger partial charge is 0.494 e. The van der Waals surface area contributed by atoms with Crippen LogP contribution < -0.4 is 10.1 Å². The first-order valence-corrected chi connectivity index (χ1v) is 12.8. The first kappa shape index (κ1) is 24.3. The lowest BCUT2D eigenvalue weighted by molar-refractivity contribution is 0.102. The minimum absolute atomic E-state index is 0.0606. The summed E-state index contributed by atoms with van der Waals surface area (Å²) < 4.78 is 33.1. The SMILES string of the molecule is CC(C)CCOc1ccc(C(=O)Nc2ccc(S(=O)(=O)N(C)C3CCCCC3)cc2)cc1. The molecule has 0 saturated heterocycles. The topological polar surface area (TPSA) is 75.7 Å². The van der Waals surface area contributed by atoms with Gasteiger partial charge >= 0.3 is 0 Å². The van der Waals surface area contributed by atoms with Crippen molar-refractivity contribution >= 4 is 21.6 Å². The Kier molecular flexibility index (Phi) is 8.32. The number of sulfonamides is 1. The third kappa shape index (κ3) is 6.33. The van der Waals surface area contributed by atoms with E-state index in [-0.39, 0.29) is 16.8 Å². The van der Waals surface area contributed by atoms with Crippen molar-refractivity contribution in [1.82, 2.24) is 4.31 Å². The van der Waals surface area contributed by atoms with Gasteiger partial charge < -0.3 is 10.1 Å². The van der Waals surface area contributed by atoms with E-state index in [1.54, 1.807) is 55.6 Å². The summed E-state index contributed by atoms with van der Waals surface area (Å²) in [4.78, 5) is 12.8. The number of carbonyl (C=O) groups excluding carboxylic acids is 1. The average Bonchev–Trinajstić information content (AvgIpc) is 2.79. The van der Waals surface area contributed by atoms with Crippen molar-refractivity contribution in [3.05, 3.63) is 54.1 Å². The maximum Gasteiger partial charge on any atom is 0.255 e. The zero-order valence-electron chi connectivity index (χ0n) is 19.2. The van der Waals surface area contributed by atoms with Gasteiger partial charge in [0.05, 0.1) is 11.5 Å². The van der Waals surface area contributed by atoms with Crippen LogP contribution in [0.25, 0.3) is 0 Å². The third-order valence-electron chi connectivity index (χ3n) is 5.96. The molecule has 0 aliphatic heterocycles. The zero-order chi connectivity index (χ0) is 23.1. The van der Waals surface area contributed by atoms with Gasteiger partial charge in [-0.25, -0.2) is 8.42 Å². The summed E-state index contributed by atoms with van der Waals surface area (Å²) in [6.45, 7) is 4.94. The van der Waals surface area contributed by atoms with Gasteiger partial charge in [0.2, 0.25) is 10.0 Å². The van der Waals surface area contributed by atoms with Gasteiger partial charge in [-0.15, -0.1) is 0 Å². The standard InChI is InChI=1S/C25H34N2O4S/c1-19(2)17-18-31-23-13-9-20(10-14-23)25(28)26-21-11-15-24(16-12-21)32(29,30)27(3)22-7-5-4-6-8-22/h9-16,19,22H,4-8,17-18H2,1-3H3,(H,26,28). The molecule has 1 aliphatic carbocycles. The molecule has 0 aromatic heterocycles. The van der Waals surface area contributed by atoms with E-state index in [1.807, 2.05) is 0 Å². The molecule has 0 heterocycles. The van der Waals surface area contributed by atoms with Crippen molar-refractivity contribution in [2.24, 2.45) is 5.92 Å².